The molecule has 0 unspecified atom stereocenters. The molecule has 0 atom stereocenters. The van der Waals surface area contributed by atoms with Crippen LogP contribution in [0, 0.1) is 0 Å². The smallest absolute Gasteiger partial charge is 0.350 e. The number of methoxy groups -OCH3 is 1. The first-order chi connectivity index (χ1) is 17.8. The lowest BCUT2D eigenvalue weighted by Crippen LogP contribution is -2.15. The zero-order chi connectivity index (χ0) is 26.4. The van der Waals surface area contributed by atoms with Gasteiger partial charge in [-0.1, -0.05) is 30.3 Å². The van der Waals surface area contributed by atoms with E-state index in [1.165, 1.54) is 54.8 Å². The Balaban J connectivity index is 1.51. The van der Waals surface area contributed by atoms with Crippen molar-refractivity contribution in [3.05, 3.63) is 95.4 Å². The van der Waals surface area contributed by atoms with Crippen LogP contribution in [-0.2, 0) is 14.8 Å². The second-order valence-corrected chi connectivity index (χ2v) is 10.5. The van der Waals surface area contributed by atoms with E-state index in [-0.39, 0.29) is 21.9 Å². The number of hydrogen-bond acceptors (Lipinski definition) is 7. The van der Waals surface area contributed by atoms with Crippen LogP contribution in [0.2, 0.25) is 0 Å². The Bertz CT molecular complexity index is 1500. The molecule has 0 aliphatic rings. The minimum Gasteiger partial charge on any atom is -0.497 e. The first-order valence-electron chi connectivity index (χ1n) is 11.3. The quantitative estimate of drug-likeness (QED) is 0.267. The van der Waals surface area contributed by atoms with Gasteiger partial charge in [0.15, 0.2) is 0 Å². The second kappa shape index (κ2) is 11.3. The second-order valence-electron chi connectivity index (χ2n) is 7.75. The van der Waals surface area contributed by atoms with Crippen LogP contribution in [0.15, 0.2) is 89.8 Å². The molecule has 8 nitrogen and oxygen atoms in total. The molecule has 0 fully saturated rings. The molecule has 190 valence electrons. The highest BCUT2D eigenvalue weighted by molar-refractivity contribution is 7.92. The van der Waals surface area contributed by atoms with E-state index >= 15 is 0 Å². The predicted molar refractivity (Wildman–Crippen MR) is 144 cm³/mol. The van der Waals surface area contributed by atoms with Crippen LogP contribution in [0.1, 0.15) is 27.0 Å². The standard InChI is InChI=1S/C27H24N2O6S2/c1-3-35-27(31)25-23(17-24(36-25)18-7-5-4-6-8-18)28-26(30)19-9-11-20(12-10-19)29-37(32,33)22-15-13-21(34-2)14-16-22/h4-17,29H,3H2,1-2H3,(H,28,30). The Kier molecular flexibility index (Phi) is 7.90. The van der Waals surface area contributed by atoms with E-state index in [9.17, 15) is 18.0 Å². The molecule has 0 spiro atoms. The molecular weight excluding hydrogens is 512 g/mol. The number of carbonyl (C=O) groups is 2. The lowest BCUT2D eigenvalue weighted by atomic mass is 10.1. The van der Waals surface area contributed by atoms with Crippen LogP contribution >= 0.6 is 11.3 Å². The largest absolute Gasteiger partial charge is 0.497 e. The molecule has 0 aliphatic heterocycles. The fraction of sp³-hybridized carbons (Fsp3) is 0.111. The molecule has 0 saturated heterocycles. The normalized spacial score (nSPS) is 11.0. The van der Waals surface area contributed by atoms with Gasteiger partial charge in [0.25, 0.3) is 15.9 Å². The van der Waals surface area contributed by atoms with Gasteiger partial charge in [-0.25, -0.2) is 13.2 Å². The fourth-order valence-electron chi connectivity index (χ4n) is 3.43. The van der Waals surface area contributed by atoms with E-state index in [1.807, 2.05) is 30.3 Å². The van der Waals surface area contributed by atoms with E-state index in [2.05, 4.69) is 10.0 Å². The highest BCUT2D eigenvalue weighted by atomic mass is 32.2. The first-order valence-corrected chi connectivity index (χ1v) is 13.6. The Labute approximate surface area is 218 Å². The number of benzene rings is 3. The third-order valence-corrected chi connectivity index (χ3v) is 7.83. The Morgan fingerprint density at radius 1 is 0.919 bits per heavy atom. The van der Waals surface area contributed by atoms with E-state index < -0.39 is 21.9 Å². The van der Waals surface area contributed by atoms with Gasteiger partial charge >= 0.3 is 5.97 Å². The summed E-state index contributed by atoms with van der Waals surface area (Å²) in [6.45, 7) is 1.92. The number of hydrogen-bond donors (Lipinski definition) is 2. The van der Waals surface area contributed by atoms with Crippen LogP contribution in [0.25, 0.3) is 10.4 Å². The van der Waals surface area contributed by atoms with E-state index in [1.54, 1.807) is 25.1 Å². The summed E-state index contributed by atoms with van der Waals surface area (Å²) in [5.74, 6) is -0.428. The molecule has 0 saturated carbocycles. The summed E-state index contributed by atoms with van der Waals surface area (Å²) >= 11 is 1.23. The van der Waals surface area contributed by atoms with Crippen LogP contribution in [0.5, 0.6) is 5.75 Å². The van der Waals surface area contributed by atoms with Crippen molar-refractivity contribution in [3.8, 4) is 16.2 Å². The zero-order valence-corrected chi connectivity index (χ0v) is 21.7. The van der Waals surface area contributed by atoms with Crippen LogP contribution < -0.4 is 14.8 Å². The van der Waals surface area contributed by atoms with Crippen LogP contribution in [0.3, 0.4) is 0 Å². The molecule has 37 heavy (non-hydrogen) atoms. The van der Waals surface area contributed by atoms with Gasteiger partial charge in [0, 0.05) is 16.1 Å². The van der Waals surface area contributed by atoms with Gasteiger partial charge in [-0.2, -0.15) is 0 Å². The van der Waals surface area contributed by atoms with E-state index in [0.717, 1.165) is 10.4 Å². The number of amides is 1. The van der Waals surface area contributed by atoms with Gasteiger partial charge in [-0.3, -0.25) is 9.52 Å². The molecule has 0 bridgehead atoms. The molecule has 4 rings (SSSR count). The molecule has 10 heteroatoms. The van der Waals surface area contributed by atoms with Gasteiger partial charge in [-0.05, 0) is 67.1 Å². The summed E-state index contributed by atoms with van der Waals surface area (Å²) in [4.78, 5) is 26.7. The van der Waals surface area contributed by atoms with E-state index in [0.29, 0.717) is 17.1 Å². The maximum absolute atomic E-state index is 13.0. The number of ether oxygens (including phenoxy) is 2. The predicted octanol–water partition coefficient (Wildman–Crippen LogP) is 5.65. The number of rotatable bonds is 9. The Hall–Kier alpha value is -4.15. The van der Waals surface area contributed by atoms with Crippen molar-refractivity contribution < 1.29 is 27.5 Å². The zero-order valence-electron chi connectivity index (χ0n) is 20.1. The van der Waals surface area contributed by atoms with Crippen molar-refractivity contribution >= 4 is 44.6 Å². The molecule has 1 aromatic heterocycles. The maximum Gasteiger partial charge on any atom is 0.350 e. The summed E-state index contributed by atoms with van der Waals surface area (Å²) in [6, 6.07) is 23.2. The highest BCUT2D eigenvalue weighted by Crippen LogP contribution is 2.35. The van der Waals surface area contributed by atoms with Gasteiger partial charge in [0.2, 0.25) is 0 Å². The van der Waals surface area contributed by atoms with Crippen LogP contribution in [0.4, 0.5) is 11.4 Å². The van der Waals surface area contributed by atoms with Crippen molar-refractivity contribution in [3.63, 3.8) is 0 Å². The summed E-state index contributed by atoms with van der Waals surface area (Å²) in [6.07, 6.45) is 0. The minimum atomic E-state index is -3.82. The number of carbonyl (C=O) groups excluding carboxylic acids is 2. The molecule has 0 radical (unpaired) electrons. The number of esters is 1. The molecule has 1 heterocycles. The third-order valence-electron chi connectivity index (χ3n) is 5.27. The van der Waals surface area contributed by atoms with Crippen molar-refractivity contribution in [2.45, 2.75) is 11.8 Å². The summed E-state index contributed by atoms with van der Waals surface area (Å²) < 4.78 is 38.0. The lowest BCUT2D eigenvalue weighted by molar-refractivity contribution is 0.0533. The highest BCUT2D eigenvalue weighted by Gasteiger charge is 2.21. The van der Waals surface area contributed by atoms with Gasteiger partial charge in [0.1, 0.15) is 10.6 Å². The summed E-state index contributed by atoms with van der Waals surface area (Å²) in [5, 5.41) is 2.78. The SMILES string of the molecule is CCOC(=O)c1sc(-c2ccccc2)cc1NC(=O)c1ccc(NS(=O)(=O)c2ccc(OC)cc2)cc1. The Morgan fingerprint density at radius 3 is 2.22 bits per heavy atom. The molecular formula is C27H24N2O6S2. The monoisotopic (exact) mass is 536 g/mol. The maximum atomic E-state index is 13.0. The van der Waals surface area contributed by atoms with Crippen molar-refractivity contribution in [2.75, 3.05) is 23.8 Å². The average molecular weight is 537 g/mol. The summed E-state index contributed by atoms with van der Waals surface area (Å²) in [7, 11) is -2.32. The molecule has 4 aromatic rings. The van der Waals surface area contributed by atoms with Crippen LogP contribution in [-0.4, -0.2) is 34.0 Å². The minimum absolute atomic E-state index is 0.0771. The van der Waals surface area contributed by atoms with Crippen molar-refractivity contribution in [2.24, 2.45) is 0 Å². The average Bonchev–Trinajstić information content (AvgIpc) is 3.33. The lowest BCUT2D eigenvalue weighted by Gasteiger charge is -2.10. The van der Waals surface area contributed by atoms with Crippen molar-refractivity contribution in [1.29, 1.82) is 0 Å². The molecule has 1 amide bonds. The van der Waals surface area contributed by atoms with Gasteiger partial charge < -0.3 is 14.8 Å². The topological polar surface area (TPSA) is 111 Å². The number of nitrogens with one attached hydrogen (secondary N) is 2. The van der Waals surface area contributed by atoms with Gasteiger partial charge in [-0.15, -0.1) is 11.3 Å². The first kappa shape index (κ1) is 25.9. The fourth-order valence-corrected chi connectivity index (χ4v) is 5.50. The number of thiophene rings is 1. The Morgan fingerprint density at radius 2 is 1.59 bits per heavy atom. The number of anilines is 2. The van der Waals surface area contributed by atoms with Crippen molar-refractivity contribution in [1.82, 2.24) is 0 Å². The molecule has 3 aromatic carbocycles. The number of sulfonamides is 1. The van der Waals surface area contributed by atoms with E-state index in [4.69, 9.17) is 9.47 Å². The van der Waals surface area contributed by atoms with Gasteiger partial charge in [0.05, 0.1) is 24.3 Å². The summed E-state index contributed by atoms with van der Waals surface area (Å²) in [5.41, 5.74) is 1.83. The third kappa shape index (κ3) is 6.16. The molecule has 0 aliphatic carbocycles. The molecule has 2 N–H and O–H groups in total.